The number of carbonyl (C=O) groups is 2. The summed E-state index contributed by atoms with van der Waals surface area (Å²) in [6.07, 6.45) is 9.99. The second kappa shape index (κ2) is 10.6. The maximum Gasteiger partial charge on any atom is 0.246 e. The Morgan fingerprint density at radius 1 is 1.20 bits per heavy atom. The molecule has 1 amide bonds. The fourth-order valence-electron chi connectivity index (χ4n) is 3.68. The molecule has 1 aliphatic rings. The van der Waals surface area contributed by atoms with Gasteiger partial charge < -0.3 is 9.47 Å². The molecular formula is C24H30ClN3O2. The number of hydrogen-bond donors (Lipinski definition) is 0. The predicted molar refractivity (Wildman–Crippen MR) is 120 cm³/mol. The van der Waals surface area contributed by atoms with E-state index in [1.807, 2.05) is 28.8 Å². The number of amides is 1. The number of unbranched alkanes of at least 4 members (excludes halogenated alkanes) is 2. The van der Waals surface area contributed by atoms with Crippen molar-refractivity contribution in [3.8, 4) is 0 Å². The molecule has 3 rings (SSSR count). The summed E-state index contributed by atoms with van der Waals surface area (Å²) in [6, 6.07) is 7.38. The van der Waals surface area contributed by atoms with Gasteiger partial charge in [0.15, 0.2) is 5.78 Å². The van der Waals surface area contributed by atoms with Gasteiger partial charge in [-0.1, -0.05) is 62.6 Å². The largest absolute Gasteiger partial charge is 0.330 e. The molecule has 5 nitrogen and oxygen atoms in total. The fourth-order valence-corrected chi connectivity index (χ4v) is 3.88. The summed E-state index contributed by atoms with van der Waals surface area (Å²) in [4.78, 5) is 31.5. The average Bonchev–Trinajstić information content (AvgIpc) is 3.15. The number of imidazole rings is 1. The minimum Gasteiger partial charge on any atom is -0.330 e. The Kier molecular flexibility index (Phi) is 7.86. The summed E-state index contributed by atoms with van der Waals surface area (Å²) in [5.41, 5.74) is 1.39. The van der Waals surface area contributed by atoms with Crippen LogP contribution in [0.5, 0.6) is 0 Å². The van der Waals surface area contributed by atoms with Crippen LogP contribution in [0.15, 0.2) is 42.6 Å². The zero-order valence-electron chi connectivity index (χ0n) is 17.8. The van der Waals surface area contributed by atoms with E-state index in [0.717, 1.165) is 30.1 Å². The van der Waals surface area contributed by atoms with Gasteiger partial charge in [0.2, 0.25) is 5.91 Å². The second-order valence-electron chi connectivity index (χ2n) is 8.24. The van der Waals surface area contributed by atoms with E-state index < -0.39 is 0 Å². The molecule has 0 saturated carbocycles. The topological polar surface area (TPSA) is 55.2 Å². The fraction of sp³-hybridized carbons (Fsp3) is 0.458. The SMILES string of the molecule is CC(C)CCCC/C=C/C(=O)N1CCn2c(C(=O)Cc3ccccc3Cl)cnc2C1. The number of benzene rings is 1. The minimum absolute atomic E-state index is 0.0112. The summed E-state index contributed by atoms with van der Waals surface area (Å²) < 4.78 is 1.93. The summed E-state index contributed by atoms with van der Waals surface area (Å²) in [7, 11) is 0. The van der Waals surface area contributed by atoms with E-state index in [2.05, 4.69) is 18.8 Å². The van der Waals surface area contributed by atoms with Gasteiger partial charge in [0.25, 0.3) is 0 Å². The number of aromatic nitrogens is 2. The maximum atomic E-state index is 12.8. The van der Waals surface area contributed by atoms with Crippen molar-refractivity contribution in [2.24, 2.45) is 5.92 Å². The van der Waals surface area contributed by atoms with Crippen LogP contribution in [-0.4, -0.2) is 32.7 Å². The molecule has 0 bridgehead atoms. The van der Waals surface area contributed by atoms with Crippen LogP contribution in [-0.2, 0) is 24.3 Å². The Hall–Kier alpha value is -2.40. The van der Waals surface area contributed by atoms with E-state index in [0.29, 0.717) is 30.4 Å². The Morgan fingerprint density at radius 2 is 2.00 bits per heavy atom. The molecule has 160 valence electrons. The zero-order chi connectivity index (χ0) is 21.5. The number of allylic oxidation sites excluding steroid dienone is 1. The van der Waals surface area contributed by atoms with Crippen molar-refractivity contribution in [1.29, 1.82) is 0 Å². The second-order valence-corrected chi connectivity index (χ2v) is 8.65. The molecule has 0 aliphatic carbocycles. The summed E-state index contributed by atoms with van der Waals surface area (Å²) in [5.74, 6) is 1.48. The van der Waals surface area contributed by atoms with Gasteiger partial charge in [-0.05, 0) is 36.5 Å². The highest BCUT2D eigenvalue weighted by atomic mass is 35.5. The average molecular weight is 428 g/mol. The molecule has 2 heterocycles. The van der Waals surface area contributed by atoms with E-state index in [-0.39, 0.29) is 18.1 Å². The number of fused-ring (bicyclic) bond motifs is 1. The van der Waals surface area contributed by atoms with Gasteiger partial charge in [-0.25, -0.2) is 4.98 Å². The predicted octanol–water partition coefficient (Wildman–Crippen LogP) is 5.08. The van der Waals surface area contributed by atoms with Crippen LogP contribution in [0.2, 0.25) is 5.02 Å². The van der Waals surface area contributed by atoms with Crippen molar-refractivity contribution >= 4 is 23.3 Å². The normalized spacial score (nSPS) is 13.8. The smallest absolute Gasteiger partial charge is 0.246 e. The van der Waals surface area contributed by atoms with E-state index >= 15 is 0 Å². The van der Waals surface area contributed by atoms with Crippen LogP contribution >= 0.6 is 11.6 Å². The highest BCUT2D eigenvalue weighted by molar-refractivity contribution is 6.31. The number of ketones is 1. The summed E-state index contributed by atoms with van der Waals surface area (Å²) in [6.45, 7) is 6.04. The molecule has 2 aromatic rings. The zero-order valence-corrected chi connectivity index (χ0v) is 18.6. The number of halogens is 1. The van der Waals surface area contributed by atoms with Gasteiger partial charge in [0.05, 0.1) is 12.7 Å². The molecule has 30 heavy (non-hydrogen) atoms. The quantitative estimate of drug-likeness (QED) is 0.318. The van der Waals surface area contributed by atoms with Gasteiger partial charge in [-0.15, -0.1) is 0 Å². The maximum absolute atomic E-state index is 12.8. The molecule has 1 aliphatic heterocycles. The molecule has 0 radical (unpaired) electrons. The van der Waals surface area contributed by atoms with Crippen molar-refractivity contribution in [2.75, 3.05) is 6.54 Å². The summed E-state index contributed by atoms with van der Waals surface area (Å²) in [5, 5.41) is 0.594. The molecule has 1 aromatic carbocycles. The van der Waals surface area contributed by atoms with Gasteiger partial charge in [-0.3, -0.25) is 9.59 Å². The number of Topliss-reactive ketones (excluding diaryl/α,β-unsaturated/α-hetero) is 1. The lowest BCUT2D eigenvalue weighted by molar-refractivity contribution is -0.127. The molecule has 0 spiro atoms. The van der Waals surface area contributed by atoms with Gasteiger partial charge >= 0.3 is 0 Å². The van der Waals surface area contributed by atoms with Gasteiger partial charge in [0.1, 0.15) is 11.5 Å². The van der Waals surface area contributed by atoms with Crippen LogP contribution in [0.3, 0.4) is 0 Å². The van der Waals surface area contributed by atoms with E-state index in [1.165, 1.54) is 12.8 Å². The third-order valence-corrected chi connectivity index (χ3v) is 5.80. The van der Waals surface area contributed by atoms with Crippen LogP contribution in [0.25, 0.3) is 0 Å². The third-order valence-electron chi connectivity index (χ3n) is 5.43. The third kappa shape index (κ3) is 5.82. The van der Waals surface area contributed by atoms with Crippen LogP contribution in [0.4, 0.5) is 0 Å². The molecule has 0 fully saturated rings. The number of hydrogen-bond acceptors (Lipinski definition) is 3. The van der Waals surface area contributed by atoms with Crippen LogP contribution in [0, 0.1) is 5.92 Å². The number of nitrogens with zero attached hydrogens (tertiary/aromatic N) is 3. The molecule has 1 aromatic heterocycles. The van der Waals surface area contributed by atoms with E-state index in [4.69, 9.17) is 11.6 Å². The lowest BCUT2D eigenvalue weighted by Gasteiger charge is -2.27. The molecule has 0 saturated heterocycles. The highest BCUT2D eigenvalue weighted by Crippen LogP contribution is 2.20. The van der Waals surface area contributed by atoms with E-state index in [1.54, 1.807) is 23.2 Å². The first kappa shape index (κ1) is 22.3. The molecule has 0 atom stereocenters. The molecule has 6 heteroatoms. The standard InChI is InChI=1S/C24H30ClN3O2/c1-18(2)9-5-3-4-6-12-24(30)27-13-14-28-21(16-26-23(28)17-27)22(29)15-19-10-7-8-11-20(19)25/h6-8,10-12,16,18H,3-5,9,13-15,17H2,1-2H3/b12-6+. The van der Waals surface area contributed by atoms with Crippen molar-refractivity contribution in [2.45, 2.75) is 59.0 Å². The van der Waals surface area contributed by atoms with Crippen molar-refractivity contribution in [1.82, 2.24) is 14.5 Å². The van der Waals surface area contributed by atoms with Crippen molar-refractivity contribution in [3.05, 3.63) is 64.7 Å². The van der Waals surface area contributed by atoms with Crippen molar-refractivity contribution < 1.29 is 9.59 Å². The monoisotopic (exact) mass is 427 g/mol. The molecule has 0 unspecified atom stereocenters. The number of carbonyl (C=O) groups excluding carboxylic acids is 2. The number of rotatable bonds is 9. The Labute approximate surface area is 183 Å². The van der Waals surface area contributed by atoms with Gasteiger partial charge in [-0.2, -0.15) is 0 Å². The molecular weight excluding hydrogens is 398 g/mol. The Morgan fingerprint density at radius 3 is 2.77 bits per heavy atom. The van der Waals surface area contributed by atoms with E-state index in [9.17, 15) is 9.59 Å². The lowest BCUT2D eigenvalue weighted by atomic mass is 10.1. The lowest BCUT2D eigenvalue weighted by Crippen LogP contribution is -2.38. The minimum atomic E-state index is -0.0112. The van der Waals surface area contributed by atoms with Crippen LogP contribution in [0.1, 0.15) is 61.4 Å². The first-order valence-corrected chi connectivity index (χ1v) is 11.1. The Bertz CT molecular complexity index is 917. The van der Waals surface area contributed by atoms with Gasteiger partial charge in [0, 0.05) is 24.5 Å². The highest BCUT2D eigenvalue weighted by Gasteiger charge is 2.24. The first-order valence-electron chi connectivity index (χ1n) is 10.7. The molecule has 0 N–H and O–H groups in total. The Balaban J connectivity index is 1.55. The first-order chi connectivity index (χ1) is 14.5. The van der Waals surface area contributed by atoms with Crippen molar-refractivity contribution in [3.63, 3.8) is 0 Å². The van der Waals surface area contributed by atoms with Crippen LogP contribution < -0.4 is 0 Å². The summed E-state index contributed by atoms with van der Waals surface area (Å²) >= 11 is 6.19.